The number of likely N-dealkylation sites (tertiary alicyclic amines) is 1. The van der Waals surface area contributed by atoms with E-state index in [-0.39, 0.29) is 30.3 Å². The minimum atomic E-state index is 0. The van der Waals surface area contributed by atoms with Crippen molar-refractivity contribution in [1.82, 2.24) is 15.5 Å². The van der Waals surface area contributed by atoms with Crippen LogP contribution in [0.5, 0.6) is 0 Å². The normalized spacial score (nSPS) is 25.7. The Morgan fingerprint density at radius 3 is 2.67 bits per heavy atom. The number of hydrogen-bond acceptors (Lipinski definition) is 3. The van der Waals surface area contributed by atoms with Crippen LogP contribution >= 0.6 is 12.4 Å². The van der Waals surface area contributed by atoms with Crippen LogP contribution in [0.2, 0.25) is 0 Å². The smallest absolute Gasteiger partial charge is 0.223 e. The number of piperidine rings is 1. The first-order valence-corrected chi connectivity index (χ1v) is 9.03. The topological polar surface area (TPSA) is 44.4 Å². The predicted octanol–water partition coefficient (Wildman–Crippen LogP) is 2.75. The fraction of sp³-hybridized carbons (Fsp3) is 0.632. The number of halogens is 1. The first kappa shape index (κ1) is 19.2. The summed E-state index contributed by atoms with van der Waals surface area (Å²) in [5.41, 5.74) is 1.22. The Morgan fingerprint density at radius 2 is 2.00 bits per heavy atom. The molecule has 134 valence electrons. The molecule has 3 rings (SSSR count). The molecule has 0 spiro atoms. The van der Waals surface area contributed by atoms with Gasteiger partial charge in [-0.2, -0.15) is 0 Å². The van der Waals surface area contributed by atoms with Gasteiger partial charge >= 0.3 is 0 Å². The molecule has 2 fully saturated rings. The Hall–Kier alpha value is -1.10. The zero-order valence-corrected chi connectivity index (χ0v) is 15.4. The van der Waals surface area contributed by atoms with E-state index in [1.165, 1.54) is 18.4 Å². The van der Waals surface area contributed by atoms with Crippen molar-refractivity contribution in [2.45, 2.75) is 44.7 Å². The van der Waals surface area contributed by atoms with Crippen molar-refractivity contribution >= 4 is 18.3 Å². The minimum absolute atomic E-state index is 0. The highest BCUT2D eigenvalue weighted by Gasteiger charge is 2.27. The fourth-order valence-electron chi connectivity index (χ4n) is 3.80. The molecule has 2 heterocycles. The second-order valence-corrected chi connectivity index (χ2v) is 7.06. The summed E-state index contributed by atoms with van der Waals surface area (Å²) in [7, 11) is 0. The van der Waals surface area contributed by atoms with Gasteiger partial charge in [-0.15, -0.1) is 12.4 Å². The maximum absolute atomic E-state index is 12.7. The molecule has 0 radical (unpaired) electrons. The van der Waals surface area contributed by atoms with Crippen molar-refractivity contribution in [3.63, 3.8) is 0 Å². The summed E-state index contributed by atoms with van der Waals surface area (Å²) in [5.74, 6) is 0.377. The minimum Gasteiger partial charge on any atom is -0.348 e. The first-order chi connectivity index (χ1) is 11.2. The van der Waals surface area contributed by atoms with Crippen molar-refractivity contribution in [1.29, 1.82) is 0 Å². The molecular weight excluding hydrogens is 322 g/mol. The molecule has 2 aliphatic rings. The van der Waals surface area contributed by atoms with Gasteiger partial charge in [0.2, 0.25) is 5.91 Å². The average molecular weight is 352 g/mol. The van der Waals surface area contributed by atoms with E-state index in [2.05, 4.69) is 46.7 Å². The lowest BCUT2D eigenvalue weighted by atomic mass is 9.92. The van der Waals surface area contributed by atoms with Gasteiger partial charge in [0, 0.05) is 18.5 Å². The monoisotopic (exact) mass is 351 g/mol. The Balaban J connectivity index is 0.00000208. The Kier molecular flexibility index (Phi) is 7.53. The lowest BCUT2D eigenvalue weighted by molar-refractivity contribution is -0.127. The van der Waals surface area contributed by atoms with E-state index in [1.54, 1.807) is 0 Å². The van der Waals surface area contributed by atoms with Crippen LogP contribution in [-0.2, 0) is 4.79 Å². The lowest BCUT2D eigenvalue weighted by Gasteiger charge is -2.30. The Bertz CT molecular complexity index is 505. The summed E-state index contributed by atoms with van der Waals surface area (Å²) in [6.45, 7) is 6.35. The molecule has 1 amide bonds. The van der Waals surface area contributed by atoms with Crippen LogP contribution in [0.3, 0.4) is 0 Å². The van der Waals surface area contributed by atoms with Gasteiger partial charge in [0.15, 0.2) is 0 Å². The van der Waals surface area contributed by atoms with E-state index in [9.17, 15) is 4.79 Å². The number of carbonyl (C=O) groups is 1. The molecule has 0 saturated carbocycles. The molecule has 0 aromatic heterocycles. The molecule has 4 nitrogen and oxygen atoms in total. The van der Waals surface area contributed by atoms with E-state index in [1.807, 2.05) is 6.07 Å². The van der Waals surface area contributed by atoms with Crippen molar-refractivity contribution in [2.75, 3.05) is 26.2 Å². The molecule has 1 aromatic carbocycles. The summed E-state index contributed by atoms with van der Waals surface area (Å²) in [4.78, 5) is 15.2. The zero-order valence-electron chi connectivity index (χ0n) is 14.5. The van der Waals surface area contributed by atoms with Gasteiger partial charge in [-0.25, -0.2) is 0 Å². The summed E-state index contributed by atoms with van der Waals surface area (Å²) in [5, 5.41) is 6.76. The summed E-state index contributed by atoms with van der Waals surface area (Å²) >= 11 is 0. The molecular formula is C19H30ClN3O. The number of carbonyl (C=O) groups excluding carboxylic acids is 1. The second-order valence-electron chi connectivity index (χ2n) is 7.06. The van der Waals surface area contributed by atoms with Crippen LogP contribution in [0, 0.1) is 5.92 Å². The molecule has 3 atom stereocenters. The van der Waals surface area contributed by atoms with Crippen molar-refractivity contribution in [2.24, 2.45) is 5.92 Å². The number of rotatable bonds is 5. The number of hydrogen-bond donors (Lipinski definition) is 2. The Labute approximate surface area is 151 Å². The van der Waals surface area contributed by atoms with Gasteiger partial charge in [0.25, 0.3) is 0 Å². The predicted molar refractivity (Wildman–Crippen MR) is 100 cm³/mol. The summed E-state index contributed by atoms with van der Waals surface area (Å²) < 4.78 is 0. The van der Waals surface area contributed by atoms with E-state index >= 15 is 0 Å². The summed E-state index contributed by atoms with van der Waals surface area (Å²) in [6, 6.07) is 11.0. The number of nitrogens with zero attached hydrogens (tertiary/aromatic N) is 1. The molecule has 1 unspecified atom stereocenters. The van der Waals surface area contributed by atoms with Gasteiger partial charge in [-0.3, -0.25) is 4.79 Å². The van der Waals surface area contributed by atoms with Crippen molar-refractivity contribution < 1.29 is 4.79 Å². The molecule has 2 saturated heterocycles. The number of amides is 1. The third-order valence-electron chi connectivity index (χ3n) is 5.15. The van der Waals surface area contributed by atoms with Gasteiger partial charge < -0.3 is 15.5 Å². The largest absolute Gasteiger partial charge is 0.348 e. The third kappa shape index (κ3) is 5.20. The van der Waals surface area contributed by atoms with Gasteiger partial charge in [-0.05, 0) is 57.8 Å². The van der Waals surface area contributed by atoms with E-state index in [4.69, 9.17) is 0 Å². The summed E-state index contributed by atoms with van der Waals surface area (Å²) in [6.07, 6.45) is 4.45. The van der Waals surface area contributed by atoms with E-state index in [0.717, 1.165) is 39.0 Å². The molecule has 0 aliphatic carbocycles. The Morgan fingerprint density at radius 1 is 1.29 bits per heavy atom. The van der Waals surface area contributed by atoms with Crippen LogP contribution in [0.1, 0.15) is 44.2 Å². The first-order valence-electron chi connectivity index (χ1n) is 9.03. The molecule has 5 heteroatoms. The number of benzene rings is 1. The third-order valence-corrected chi connectivity index (χ3v) is 5.15. The van der Waals surface area contributed by atoms with Crippen LogP contribution in [0.25, 0.3) is 0 Å². The lowest BCUT2D eigenvalue weighted by Crippen LogP contribution is -2.45. The molecule has 1 aromatic rings. The molecule has 24 heavy (non-hydrogen) atoms. The quantitative estimate of drug-likeness (QED) is 0.857. The van der Waals surface area contributed by atoms with E-state index < -0.39 is 0 Å². The van der Waals surface area contributed by atoms with Gasteiger partial charge in [0.1, 0.15) is 0 Å². The van der Waals surface area contributed by atoms with Crippen molar-refractivity contribution in [3.05, 3.63) is 35.9 Å². The molecule has 2 N–H and O–H groups in total. The van der Waals surface area contributed by atoms with Gasteiger partial charge in [-0.1, -0.05) is 30.3 Å². The highest BCUT2D eigenvalue weighted by Crippen LogP contribution is 2.21. The highest BCUT2D eigenvalue weighted by atomic mass is 35.5. The SMILES string of the molecule is C[C@H]1C[C@@H](C(=O)NC(CN2CCCC2)c2ccccc2)CCN1.Cl. The second kappa shape index (κ2) is 9.40. The molecule has 2 aliphatic heterocycles. The van der Waals surface area contributed by atoms with Crippen molar-refractivity contribution in [3.8, 4) is 0 Å². The van der Waals surface area contributed by atoms with Crippen LogP contribution < -0.4 is 10.6 Å². The van der Waals surface area contributed by atoms with Crippen LogP contribution in [0.4, 0.5) is 0 Å². The fourth-order valence-corrected chi connectivity index (χ4v) is 3.80. The van der Waals surface area contributed by atoms with Crippen LogP contribution in [-0.4, -0.2) is 43.0 Å². The van der Waals surface area contributed by atoms with Crippen LogP contribution in [0.15, 0.2) is 30.3 Å². The average Bonchev–Trinajstić information content (AvgIpc) is 3.08. The maximum atomic E-state index is 12.7. The van der Waals surface area contributed by atoms with Gasteiger partial charge in [0.05, 0.1) is 6.04 Å². The maximum Gasteiger partial charge on any atom is 0.223 e. The highest BCUT2D eigenvalue weighted by molar-refractivity contribution is 5.85. The standard InChI is InChI=1S/C19H29N3O.ClH/c1-15-13-17(9-10-20-15)19(23)21-18(14-22-11-5-6-12-22)16-7-3-2-4-8-16;/h2-4,7-8,15,17-18,20H,5-6,9-14H2,1H3,(H,21,23);1H/t15-,17-,18?;/m0./s1. The zero-order chi connectivity index (χ0) is 16.1. The van der Waals surface area contributed by atoms with E-state index in [0.29, 0.717) is 6.04 Å². The number of nitrogens with one attached hydrogen (secondary N) is 2. The molecule has 0 bridgehead atoms.